The van der Waals surface area contributed by atoms with E-state index in [2.05, 4.69) is 0 Å². The molecular weight excluding hydrogens is 352 g/mol. The fourth-order valence-corrected chi connectivity index (χ4v) is 3.69. The molecule has 0 N–H and O–H groups in total. The Morgan fingerprint density at radius 3 is 2.46 bits per heavy atom. The predicted molar refractivity (Wildman–Crippen MR) is 110 cm³/mol. The van der Waals surface area contributed by atoms with E-state index in [0.29, 0.717) is 24.2 Å². The number of benzene rings is 3. The quantitative estimate of drug-likeness (QED) is 0.640. The van der Waals surface area contributed by atoms with Gasteiger partial charge in [0.05, 0.1) is 12.7 Å². The third kappa shape index (κ3) is 2.94. The highest BCUT2D eigenvalue weighted by atomic mass is 16.5. The maximum atomic E-state index is 13.4. The average molecular weight is 374 g/mol. The molecule has 0 fully saturated rings. The second-order valence-electron chi connectivity index (χ2n) is 7.19. The molecule has 3 aromatic rings. The van der Waals surface area contributed by atoms with Crippen LogP contribution in [0.2, 0.25) is 0 Å². The van der Waals surface area contributed by atoms with Crippen LogP contribution in [0.1, 0.15) is 20.7 Å². The molecule has 0 spiro atoms. The highest BCUT2D eigenvalue weighted by Crippen LogP contribution is 2.37. The van der Waals surface area contributed by atoms with Crippen molar-refractivity contribution in [1.82, 2.24) is 9.80 Å². The van der Waals surface area contributed by atoms with Crippen molar-refractivity contribution in [1.29, 1.82) is 0 Å². The molecule has 0 saturated carbocycles. The summed E-state index contributed by atoms with van der Waals surface area (Å²) in [6.45, 7) is 0.969. The lowest BCUT2D eigenvalue weighted by atomic mass is 9.88. The number of carbonyl (C=O) groups is 2. The van der Waals surface area contributed by atoms with Crippen molar-refractivity contribution in [2.24, 2.45) is 0 Å². The predicted octanol–water partition coefficient (Wildman–Crippen LogP) is 3.67. The number of amides is 2. The van der Waals surface area contributed by atoms with Crippen molar-refractivity contribution < 1.29 is 14.3 Å². The number of carbonyl (C=O) groups excluding carboxylic acids is 2. The summed E-state index contributed by atoms with van der Waals surface area (Å²) in [5.41, 5.74) is 2.86. The Hall–Kier alpha value is -3.18. The molecule has 0 saturated heterocycles. The van der Waals surface area contributed by atoms with Crippen molar-refractivity contribution in [3.63, 3.8) is 0 Å². The standard InChI is InChI=1S/C23H22N2O3/c1-24(2)12-13-25-22(26)19-9-5-6-15-10-11-18(21(20(15)19)23(25)27)16-7-4-8-17(14-16)28-3/h4-11,14H,12-13H2,1-3H3. The molecule has 0 bridgehead atoms. The lowest BCUT2D eigenvalue weighted by Gasteiger charge is -2.29. The second kappa shape index (κ2) is 7.09. The molecule has 0 aromatic heterocycles. The fourth-order valence-electron chi connectivity index (χ4n) is 3.69. The summed E-state index contributed by atoms with van der Waals surface area (Å²) in [5.74, 6) is 0.253. The zero-order valence-corrected chi connectivity index (χ0v) is 16.2. The average Bonchev–Trinajstić information content (AvgIpc) is 2.71. The highest BCUT2D eigenvalue weighted by Gasteiger charge is 2.34. The number of rotatable bonds is 5. The van der Waals surface area contributed by atoms with Gasteiger partial charge in [0, 0.05) is 24.0 Å². The van der Waals surface area contributed by atoms with Crippen molar-refractivity contribution in [2.45, 2.75) is 0 Å². The van der Waals surface area contributed by atoms with Crippen LogP contribution in [0.3, 0.4) is 0 Å². The molecule has 0 unspecified atom stereocenters. The van der Waals surface area contributed by atoms with E-state index in [0.717, 1.165) is 27.6 Å². The molecule has 1 aliphatic rings. The van der Waals surface area contributed by atoms with Crippen LogP contribution in [0.25, 0.3) is 21.9 Å². The Labute approximate surface area is 164 Å². The van der Waals surface area contributed by atoms with Crippen LogP contribution < -0.4 is 4.74 Å². The van der Waals surface area contributed by atoms with Crippen molar-refractivity contribution >= 4 is 22.6 Å². The van der Waals surface area contributed by atoms with Gasteiger partial charge in [-0.1, -0.05) is 36.4 Å². The summed E-state index contributed by atoms with van der Waals surface area (Å²) in [4.78, 5) is 29.8. The van der Waals surface area contributed by atoms with Crippen molar-refractivity contribution in [3.05, 3.63) is 65.7 Å². The van der Waals surface area contributed by atoms with Gasteiger partial charge < -0.3 is 9.64 Å². The van der Waals surface area contributed by atoms with Crippen LogP contribution in [0.4, 0.5) is 0 Å². The SMILES string of the molecule is COc1cccc(-c2ccc3cccc4c3c2C(=O)N(CCN(C)C)C4=O)c1. The minimum Gasteiger partial charge on any atom is -0.497 e. The Morgan fingerprint density at radius 2 is 1.71 bits per heavy atom. The molecule has 2 amide bonds. The molecule has 1 aliphatic heterocycles. The normalized spacial score (nSPS) is 13.5. The van der Waals surface area contributed by atoms with Gasteiger partial charge in [-0.15, -0.1) is 0 Å². The number of imide groups is 1. The van der Waals surface area contributed by atoms with Gasteiger partial charge in [-0.3, -0.25) is 14.5 Å². The third-order valence-electron chi connectivity index (χ3n) is 5.13. The monoisotopic (exact) mass is 374 g/mol. The molecule has 5 nitrogen and oxygen atoms in total. The lowest BCUT2D eigenvalue weighted by molar-refractivity contribution is 0.0601. The molecule has 1 heterocycles. The minimum atomic E-state index is -0.242. The number of ether oxygens (including phenoxy) is 1. The molecule has 4 rings (SSSR count). The summed E-state index contributed by atoms with van der Waals surface area (Å²) < 4.78 is 5.35. The van der Waals surface area contributed by atoms with Gasteiger partial charge in [0.2, 0.25) is 0 Å². The fraction of sp³-hybridized carbons (Fsp3) is 0.217. The van der Waals surface area contributed by atoms with Gasteiger partial charge in [0.25, 0.3) is 11.8 Å². The molecule has 28 heavy (non-hydrogen) atoms. The van der Waals surface area contributed by atoms with Crippen LogP contribution in [0.15, 0.2) is 54.6 Å². The van der Waals surface area contributed by atoms with Gasteiger partial charge in [-0.25, -0.2) is 0 Å². The zero-order valence-electron chi connectivity index (χ0n) is 16.2. The van der Waals surface area contributed by atoms with Gasteiger partial charge in [-0.05, 0) is 48.8 Å². The molecule has 5 heteroatoms. The Balaban J connectivity index is 1.95. The second-order valence-corrected chi connectivity index (χ2v) is 7.19. The van der Waals surface area contributed by atoms with E-state index < -0.39 is 0 Å². The van der Waals surface area contributed by atoms with E-state index in [1.807, 2.05) is 67.5 Å². The van der Waals surface area contributed by atoms with E-state index in [4.69, 9.17) is 4.74 Å². The van der Waals surface area contributed by atoms with Gasteiger partial charge in [0.15, 0.2) is 0 Å². The molecule has 0 aliphatic carbocycles. The molecular formula is C23H22N2O3. The van der Waals surface area contributed by atoms with E-state index in [1.165, 1.54) is 4.90 Å². The smallest absolute Gasteiger partial charge is 0.262 e. The molecule has 3 aromatic carbocycles. The largest absolute Gasteiger partial charge is 0.497 e. The van der Waals surface area contributed by atoms with Gasteiger partial charge in [-0.2, -0.15) is 0 Å². The highest BCUT2D eigenvalue weighted by molar-refractivity contribution is 6.27. The first-order valence-corrected chi connectivity index (χ1v) is 9.22. The van der Waals surface area contributed by atoms with E-state index in [1.54, 1.807) is 13.2 Å². The lowest BCUT2D eigenvalue weighted by Crippen LogP contribution is -2.43. The van der Waals surface area contributed by atoms with Crippen LogP contribution in [-0.4, -0.2) is 55.9 Å². The summed E-state index contributed by atoms with van der Waals surface area (Å²) in [6, 6.07) is 17.2. The Kier molecular flexibility index (Phi) is 4.61. The molecule has 142 valence electrons. The summed E-state index contributed by atoms with van der Waals surface area (Å²) in [7, 11) is 5.47. The number of nitrogens with zero attached hydrogens (tertiary/aromatic N) is 2. The van der Waals surface area contributed by atoms with Crippen LogP contribution in [-0.2, 0) is 0 Å². The summed E-state index contributed by atoms with van der Waals surface area (Å²) in [5, 5.41) is 1.63. The number of methoxy groups -OCH3 is 1. The van der Waals surface area contributed by atoms with Gasteiger partial charge >= 0.3 is 0 Å². The number of hydrogen-bond acceptors (Lipinski definition) is 4. The summed E-state index contributed by atoms with van der Waals surface area (Å²) >= 11 is 0. The van der Waals surface area contributed by atoms with Crippen molar-refractivity contribution in [2.75, 3.05) is 34.3 Å². The zero-order chi connectivity index (χ0) is 19.8. The third-order valence-corrected chi connectivity index (χ3v) is 5.13. The molecule has 0 atom stereocenters. The van der Waals surface area contributed by atoms with Crippen molar-refractivity contribution in [3.8, 4) is 16.9 Å². The van der Waals surface area contributed by atoms with Crippen LogP contribution in [0, 0.1) is 0 Å². The van der Waals surface area contributed by atoms with E-state index in [-0.39, 0.29) is 11.8 Å². The maximum absolute atomic E-state index is 13.4. The first-order valence-electron chi connectivity index (χ1n) is 9.22. The van der Waals surface area contributed by atoms with E-state index in [9.17, 15) is 9.59 Å². The van der Waals surface area contributed by atoms with Crippen LogP contribution >= 0.6 is 0 Å². The number of likely N-dealkylation sites (N-methyl/N-ethyl adjacent to an activating group) is 1. The topological polar surface area (TPSA) is 49.9 Å². The van der Waals surface area contributed by atoms with Gasteiger partial charge in [0.1, 0.15) is 5.75 Å². The Bertz CT molecular complexity index is 1090. The summed E-state index contributed by atoms with van der Waals surface area (Å²) in [6.07, 6.45) is 0. The molecule has 0 radical (unpaired) electrons. The van der Waals surface area contributed by atoms with E-state index >= 15 is 0 Å². The first kappa shape index (κ1) is 18.2. The maximum Gasteiger partial charge on any atom is 0.262 e. The minimum absolute atomic E-state index is 0.229. The number of hydrogen-bond donors (Lipinski definition) is 0. The Morgan fingerprint density at radius 1 is 0.929 bits per heavy atom. The first-order chi connectivity index (χ1) is 13.5. The van der Waals surface area contributed by atoms with Crippen LogP contribution in [0.5, 0.6) is 5.75 Å².